The standard InChI is InChI=1S/C14H21FN2O2/c1-4-7-17(8-9-19-3)14(18)16-12-6-5-11(2)13(15)10-12/h5-6,10H,4,7-9H2,1-3H3,(H,16,18). The number of rotatable bonds is 6. The van der Waals surface area contributed by atoms with Crippen molar-refractivity contribution in [2.45, 2.75) is 20.3 Å². The van der Waals surface area contributed by atoms with E-state index >= 15 is 0 Å². The highest BCUT2D eigenvalue weighted by Crippen LogP contribution is 2.14. The van der Waals surface area contributed by atoms with Gasteiger partial charge in [0.05, 0.1) is 6.61 Å². The summed E-state index contributed by atoms with van der Waals surface area (Å²) in [7, 11) is 1.59. The number of halogens is 1. The average molecular weight is 268 g/mol. The SMILES string of the molecule is CCCN(CCOC)C(=O)Nc1ccc(C)c(F)c1. The summed E-state index contributed by atoms with van der Waals surface area (Å²) in [6, 6.07) is 4.43. The Kier molecular flexibility index (Phi) is 6.29. The highest BCUT2D eigenvalue weighted by atomic mass is 19.1. The third-order valence-corrected chi connectivity index (χ3v) is 2.77. The Balaban J connectivity index is 2.66. The fourth-order valence-electron chi connectivity index (χ4n) is 1.66. The number of aryl methyl sites for hydroxylation is 1. The lowest BCUT2D eigenvalue weighted by Crippen LogP contribution is -2.37. The summed E-state index contributed by atoms with van der Waals surface area (Å²) < 4.78 is 18.4. The molecule has 1 rings (SSSR count). The summed E-state index contributed by atoms with van der Waals surface area (Å²) in [5.41, 5.74) is 1.02. The smallest absolute Gasteiger partial charge is 0.321 e. The molecule has 0 bridgehead atoms. The first-order valence-corrected chi connectivity index (χ1v) is 6.39. The van der Waals surface area contributed by atoms with E-state index in [0.29, 0.717) is 30.9 Å². The van der Waals surface area contributed by atoms with Gasteiger partial charge in [-0.1, -0.05) is 13.0 Å². The molecule has 2 amide bonds. The number of hydrogen-bond donors (Lipinski definition) is 1. The van der Waals surface area contributed by atoms with Crippen LogP contribution in [-0.2, 0) is 4.74 Å². The van der Waals surface area contributed by atoms with Crippen molar-refractivity contribution in [2.24, 2.45) is 0 Å². The van der Waals surface area contributed by atoms with Crippen LogP contribution in [0.4, 0.5) is 14.9 Å². The van der Waals surface area contributed by atoms with Gasteiger partial charge in [-0.05, 0) is 31.0 Å². The second kappa shape index (κ2) is 7.74. The molecule has 0 radical (unpaired) electrons. The number of hydrogen-bond acceptors (Lipinski definition) is 2. The third-order valence-electron chi connectivity index (χ3n) is 2.77. The lowest BCUT2D eigenvalue weighted by Gasteiger charge is -2.22. The highest BCUT2D eigenvalue weighted by molar-refractivity contribution is 5.89. The largest absolute Gasteiger partial charge is 0.383 e. The number of methoxy groups -OCH3 is 1. The van der Waals surface area contributed by atoms with E-state index in [9.17, 15) is 9.18 Å². The van der Waals surface area contributed by atoms with Crippen LogP contribution in [0.1, 0.15) is 18.9 Å². The Labute approximate surface area is 113 Å². The fourth-order valence-corrected chi connectivity index (χ4v) is 1.66. The molecule has 1 aromatic carbocycles. The first-order valence-electron chi connectivity index (χ1n) is 6.39. The lowest BCUT2D eigenvalue weighted by atomic mass is 10.2. The van der Waals surface area contributed by atoms with Crippen LogP contribution >= 0.6 is 0 Å². The Bertz CT molecular complexity index is 424. The van der Waals surface area contributed by atoms with Gasteiger partial charge >= 0.3 is 6.03 Å². The maximum Gasteiger partial charge on any atom is 0.321 e. The van der Waals surface area contributed by atoms with Crippen LogP contribution < -0.4 is 5.32 Å². The molecule has 1 N–H and O–H groups in total. The van der Waals surface area contributed by atoms with Crippen molar-refractivity contribution in [3.05, 3.63) is 29.6 Å². The number of amides is 2. The number of nitrogens with zero attached hydrogens (tertiary/aromatic N) is 1. The second-order valence-electron chi connectivity index (χ2n) is 4.37. The van der Waals surface area contributed by atoms with Crippen molar-refractivity contribution in [3.8, 4) is 0 Å². The second-order valence-corrected chi connectivity index (χ2v) is 4.37. The van der Waals surface area contributed by atoms with Gasteiger partial charge < -0.3 is 15.0 Å². The van der Waals surface area contributed by atoms with E-state index in [4.69, 9.17) is 4.74 Å². The van der Waals surface area contributed by atoms with Gasteiger partial charge in [-0.25, -0.2) is 9.18 Å². The first kappa shape index (κ1) is 15.4. The maximum absolute atomic E-state index is 13.4. The molecular formula is C14H21FN2O2. The Morgan fingerprint density at radius 2 is 2.16 bits per heavy atom. The van der Waals surface area contributed by atoms with Crippen molar-refractivity contribution >= 4 is 11.7 Å². The average Bonchev–Trinajstić information content (AvgIpc) is 2.38. The van der Waals surface area contributed by atoms with Gasteiger partial charge in [0.15, 0.2) is 0 Å². The summed E-state index contributed by atoms with van der Waals surface area (Å²) in [5.74, 6) is -0.322. The molecule has 0 aliphatic rings. The molecule has 19 heavy (non-hydrogen) atoms. The molecule has 0 spiro atoms. The van der Waals surface area contributed by atoms with Crippen molar-refractivity contribution in [2.75, 3.05) is 32.1 Å². The van der Waals surface area contributed by atoms with Crippen molar-refractivity contribution < 1.29 is 13.9 Å². The van der Waals surface area contributed by atoms with Crippen molar-refractivity contribution in [1.29, 1.82) is 0 Å². The molecular weight excluding hydrogens is 247 g/mol. The summed E-state index contributed by atoms with van der Waals surface area (Å²) in [4.78, 5) is 13.7. The Morgan fingerprint density at radius 1 is 1.42 bits per heavy atom. The van der Waals surface area contributed by atoms with Crippen LogP contribution in [0.5, 0.6) is 0 Å². The van der Waals surface area contributed by atoms with E-state index in [-0.39, 0.29) is 11.8 Å². The van der Waals surface area contributed by atoms with Gasteiger partial charge in [-0.2, -0.15) is 0 Å². The monoisotopic (exact) mass is 268 g/mol. The number of anilines is 1. The number of urea groups is 1. The van der Waals surface area contributed by atoms with Crippen molar-refractivity contribution in [1.82, 2.24) is 4.90 Å². The lowest BCUT2D eigenvalue weighted by molar-refractivity contribution is 0.155. The van der Waals surface area contributed by atoms with Gasteiger partial charge in [0.1, 0.15) is 5.82 Å². The fraction of sp³-hybridized carbons (Fsp3) is 0.500. The first-order chi connectivity index (χ1) is 9.08. The topological polar surface area (TPSA) is 41.6 Å². The van der Waals surface area contributed by atoms with Crippen LogP contribution in [0.25, 0.3) is 0 Å². The molecule has 0 aliphatic heterocycles. The molecule has 0 fully saturated rings. The molecule has 0 aliphatic carbocycles. The van der Waals surface area contributed by atoms with Gasteiger partial charge in [-0.3, -0.25) is 0 Å². The van der Waals surface area contributed by atoms with Gasteiger partial charge in [0, 0.05) is 25.9 Å². The molecule has 0 saturated carbocycles. The molecule has 0 unspecified atom stereocenters. The maximum atomic E-state index is 13.4. The Morgan fingerprint density at radius 3 is 2.74 bits per heavy atom. The summed E-state index contributed by atoms with van der Waals surface area (Å²) >= 11 is 0. The van der Waals surface area contributed by atoms with Crippen LogP contribution in [0.2, 0.25) is 0 Å². The summed E-state index contributed by atoms with van der Waals surface area (Å²) in [6.45, 7) is 5.32. The molecule has 1 aromatic rings. The van der Waals surface area contributed by atoms with E-state index in [2.05, 4.69) is 5.32 Å². The van der Waals surface area contributed by atoms with Crippen LogP contribution in [0.15, 0.2) is 18.2 Å². The molecule has 0 aromatic heterocycles. The quantitative estimate of drug-likeness (QED) is 0.861. The molecule has 0 saturated heterocycles. The van der Waals surface area contributed by atoms with E-state index in [0.717, 1.165) is 6.42 Å². The van der Waals surface area contributed by atoms with E-state index < -0.39 is 0 Å². The number of carbonyl (C=O) groups is 1. The summed E-state index contributed by atoms with van der Waals surface area (Å²) in [5, 5.41) is 2.70. The molecule has 0 atom stereocenters. The minimum atomic E-state index is -0.322. The van der Waals surface area contributed by atoms with Crippen LogP contribution in [0.3, 0.4) is 0 Å². The van der Waals surface area contributed by atoms with E-state index in [1.165, 1.54) is 6.07 Å². The van der Waals surface area contributed by atoms with Gasteiger partial charge in [0.25, 0.3) is 0 Å². The van der Waals surface area contributed by atoms with Crippen LogP contribution in [-0.4, -0.2) is 37.7 Å². The van der Waals surface area contributed by atoms with Crippen molar-refractivity contribution in [3.63, 3.8) is 0 Å². The minimum Gasteiger partial charge on any atom is -0.383 e. The number of ether oxygens (including phenoxy) is 1. The molecule has 106 valence electrons. The third kappa shape index (κ3) is 4.87. The predicted molar refractivity (Wildman–Crippen MR) is 73.9 cm³/mol. The van der Waals surface area contributed by atoms with Crippen LogP contribution in [0, 0.1) is 12.7 Å². The van der Waals surface area contributed by atoms with Gasteiger partial charge in [0.2, 0.25) is 0 Å². The zero-order valence-electron chi connectivity index (χ0n) is 11.7. The zero-order valence-corrected chi connectivity index (χ0v) is 11.7. The minimum absolute atomic E-state index is 0.234. The number of benzene rings is 1. The predicted octanol–water partition coefficient (Wildman–Crippen LogP) is 3.02. The van der Waals surface area contributed by atoms with E-state index in [1.807, 2.05) is 6.92 Å². The molecule has 5 heteroatoms. The molecule has 4 nitrogen and oxygen atoms in total. The Hall–Kier alpha value is -1.62. The van der Waals surface area contributed by atoms with E-state index in [1.54, 1.807) is 31.1 Å². The normalized spacial score (nSPS) is 10.3. The number of nitrogens with one attached hydrogen (secondary N) is 1. The molecule has 0 heterocycles. The highest BCUT2D eigenvalue weighted by Gasteiger charge is 2.12. The number of carbonyl (C=O) groups excluding carboxylic acids is 1. The zero-order chi connectivity index (χ0) is 14.3. The van der Waals surface area contributed by atoms with Gasteiger partial charge in [-0.15, -0.1) is 0 Å². The summed E-state index contributed by atoms with van der Waals surface area (Å²) in [6.07, 6.45) is 0.861.